The van der Waals surface area contributed by atoms with Crippen LogP contribution in [0.2, 0.25) is 5.02 Å². The Labute approximate surface area is 180 Å². The summed E-state index contributed by atoms with van der Waals surface area (Å²) in [5.41, 5.74) is 1.32. The van der Waals surface area contributed by atoms with E-state index in [0.717, 1.165) is 31.2 Å². The second kappa shape index (κ2) is 10.1. The highest BCUT2D eigenvalue weighted by Gasteiger charge is 2.20. The molecule has 0 bridgehead atoms. The van der Waals surface area contributed by atoms with Crippen molar-refractivity contribution < 1.29 is 18.7 Å². The molecule has 156 valence electrons. The molecule has 2 aromatic carbocycles. The number of carbonyl (C=O) groups excluding carboxylic acids is 1. The molecule has 5 nitrogen and oxygen atoms in total. The molecule has 30 heavy (non-hydrogen) atoms. The number of hydrogen-bond acceptors (Lipinski definition) is 4. The van der Waals surface area contributed by atoms with E-state index in [9.17, 15) is 14.4 Å². The SMILES string of the molecule is COc1cc(/C=C(/C#N)C(=O)NC2CCCC2)cc(Cl)c1OCc1ccc(F)cc1. The van der Waals surface area contributed by atoms with Gasteiger partial charge in [0.25, 0.3) is 5.91 Å². The van der Waals surface area contributed by atoms with Gasteiger partial charge in [-0.05, 0) is 54.3 Å². The summed E-state index contributed by atoms with van der Waals surface area (Å²) in [5.74, 6) is -0.0224. The van der Waals surface area contributed by atoms with Crippen molar-refractivity contribution in [2.45, 2.75) is 38.3 Å². The van der Waals surface area contributed by atoms with Gasteiger partial charge >= 0.3 is 0 Å². The van der Waals surface area contributed by atoms with E-state index in [2.05, 4.69) is 5.32 Å². The number of nitrogens with zero attached hydrogens (tertiary/aromatic N) is 1. The van der Waals surface area contributed by atoms with Crippen LogP contribution in [0, 0.1) is 17.1 Å². The molecule has 1 aliphatic carbocycles. The zero-order valence-corrected chi connectivity index (χ0v) is 17.3. The second-order valence-electron chi connectivity index (χ2n) is 7.07. The molecule has 0 aliphatic heterocycles. The summed E-state index contributed by atoms with van der Waals surface area (Å²) in [5, 5.41) is 12.6. The van der Waals surface area contributed by atoms with Crippen molar-refractivity contribution in [3.05, 3.63) is 63.9 Å². The third-order valence-electron chi connectivity index (χ3n) is 4.91. The van der Waals surface area contributed by atoms with Crippen LogP contribution in [-0.2, 0) is 11.4 Å². The molecule has 1 amide bonds. The molecule has 0 unspecified atom stereocenters. The molecular weight excluding hydrogens is 407 g/mol. The van der Waals surface area contributed by atoms with Gasteiger partial charge in [0, 0.05) is 6.04 Å². The smallest absolute Gasteiger partial charge is 0.262 e. The van der Waals surface area contributed by atoms with Gasteiger partial charge in [0.1, 0.15) is 24.1 Å². The Hall–Kier alpha value is -3.04. The summed E-state index contributed by atoms with van der Waals surface area (Å²) in [7, 11) is 1.47. The molecule has 0 aromatic heterocycles. The number of ether oxygens (including phenoxy) is 2. The summed E-state index contributed by atoms with van der Waals surface area (Å²) in [4.78, 5) is 12.4. The highest BCUT2D eigenvalue weighted by molar-refractivity contribution is 6.32. The Balaban J connectivity index is 1.77. The number of benzene rings is 2. The number of halogens is 2. The van der Waals surface area contributed by atoms with E-state index >= 15 is 0 Å². The van der Waals surface area contributed by atoms with Crippen molar-refractivity contribution in [1.82, 2.24) is 5.32 Å². The number of rotatable bonds is 7. The Morgan fingerprint density at radius 3 is 2.63 bits per heavy atom. The monoisotopic (exact) mass is 428 g/mol. The van der Waals surface area contributed by atoms with Crippen LogP contribution in [-0.4, -0.2) is 19.1 Å². The molecule has 0 spiro atoms. The van der Waals surface area contributed by atoms with E-state index in [1.807, 2.05) is 6.07 Å². The van der Waals surface area contributed by atoms with E-state index in [1.165, 1.54) is 25.3 Å². The standard InChI is InChI=1S/C23H22ClFN2O3/c1-29-21-12-16(10-17(13-26)23(28)27-19-4-2-3-5-19)11-20(24)22(21)30-14-15-6-8-18(25)9-7-15/h6-12,19H,2-5,14H2,1H3,(H,27,28)/b17-10-. The van der Waals surface area contributed by atoms with Gasteiger partial charge in [-0.25, -0.2) is 4.39 Å². The van der Waals surface area contributed by atoms with Gasteiger partial charge in [-0.15, -0.1) is 0 Å². The van der Waals surface area contributed by atoms with Crippen LogP contribution in [0.4, 0.5) is 4.39 Å². The zero-order chi connectivity index (χ0) is 21.5. The van der Waals surface area contributed by atoms with E-state index in [-0.39, 0.29) is 29.1 Å². The van der Waals surface area contributed by atoms with Crippen molar-refractivity contribution in [1.29, 1.82) is 5.26 Å². The first-order valence-corrected chi connectivity index (χ1v) is 10.1. The summed E-state index contributed by atoms with van der Waals surface area (Å²) in [6, 6.07) is 11.3. The lowest BCUT2D eigenvalue weighted by Crippen LogP contribution is -2.33. The third-order valence-corrected chi connectivity index (χ3v) is 5.20. The Kier molecular flexibility index (Phi) is 7.31. The van der Waals surface area contributed by atoms with Gasteiger partial charge < -0.3 is 14.8 Å². The predicted octanol–water partition coefficient (Wildman–Crippen LogP) is 5.03. The number of methoxy groups -OCH3 is 1. The Bertz CT molecular complexity index is 977. The zero-order valence-electron chi connectivity index (χ0n) is 16.6. The molecule has 1 N–H and O–H groups in total. The minimum Gasteiger partial charge on any atom is -0.493 e. The minimum absolute atomic E-state index is 0.000000258. The van der Waals surface area contributed by atoms with Gasteiger partial charge in [-0.2, -0.15) is 5.26 Å². The van der Waals surface area contributed by atoms with Crippen molar-refractivity contribution in [3.8, 4) is 17.6 Å². The first-order chi connectivity index (χ1) is 14.5. The van der Waals surface area contributed by atoms with E-state index in [4.69, 9.17) is 21.1 Å². The maximum Gasteiger partial charge on any atom is 0.262 e. The van der Waals surface area contributed by atoms with Crippen molar-refractivity contribution in [2.75, 3.05) is 7.11 Å². The second-order valence-corrected chi connectivity index (χ2v) is 7.48. The van der Waals surface area contributed by atoms with Gasteiger partial charge in [0.2, 0.25) is 0 Å². The van der Waals surface area contributed by atoms with Crippen molar-refractivity contribution in [3.63, 3.8) is 0 Å². The number of nitriles is 1. The van der Waals surface area contributed by atoms with Gasteiger partial charge in [-0.1, -0.05) is 36.6 Å². The lowest BCUT2D eigenvalue weighted by Gasteiger charge is -2.14. The number of hydrogen-bond donors (Lipinski definition) is 1. The number of nitrogens with one attached hydrogen (secondary N) is 1. The number of amides is 1. The third kappa shape index (κ3) is 5.52. The molecule has 1 fully saturated rings. The molecule has 0 radical (unpaired) electrons. The lowest BCUT2D eigenvalue weighted by molar-refractivity contribution is -0.117. The summed E-state index contributed by atoms with van der Waals surface area (Å²) in [6.45, 7) is 0.179. The fraction of sp³-hybridized carbons (Fsp3) is 0.304. The maximum absolute atomic E-state index is 13.0. The van der Waals surface area contributed by atoms with E-state index < -0.39 is 5.91 Å². The molecule has 3 rings (SSSR count). The van der Waals surface area contributed by atoms with Crippen LogP contribution in [0.1, 0.15) is 36.8 Å². The van der Waals surface area contributed by atoms with Crippen LogP contribution in [0.25, 0.3) is 6.08 Å². The van der Waals surface area contributed by atoms with Gasteiger partial charge in [0.05, 0.1) is 12.1 Å². The first-order valence-electron chi connectivity index (χ1n) is 9.67. The largest absolute Gasteiger partial charge is 0.493 e. The average molecular weight is 429 g/mol. The maximum atomic E-state index is 13.0. The minimum atomic E-state index is -0.392. The topological polar surface area (TPSA) is 71.3 Å². The fourth-order valence-electron chi connectivity index (χ4n) is 3.35. The summed E-state index contributed by atoms with van der Waals surface area (Å²) in [6.07, 6.45) is 5.52. The van der Waals surface area contributed by atoms with Crippen LogP contribution >= 0.6 is 11.6 Å². The normalized spacial score (nSPS) is 14.3. The summed E-state index contributed by atoms with van der Waals surface area (Å²) >= 11 is 6.37. The van der Waals surface area contributed by atoms with Crippen LogP contribution < -0.4 is 14.8 Å². The van der Waals surface area contributed by atoms with Crippen LogP contribution in [0.5, 0.6) is 11.5 Å². The quantitative estimate of drug-likeness (QED) is 0.495. The van der Waals surface area contributed by atoms with Crippen LogP contribution in [0.15, 0.2) is 42.0 Å². The molecule has 0 saturated heterocycles. The predicted molar refractivity (Wildman–Crippen MR) is 113 cm³/mol. The molecule has 0 heterocycles. The Morgan fingerprint density at radius 2 is 2.00 bits per heavy atom. The fourth-order valence-corrected chi connectivity index (χ4v) is 3.62. The molecule has 1 saturated carbocycles. The molecule has 0 atom stereocenters. The van der Waals surface area contributed by atoms with Crippen LogP contribution in [0.3, 0.4) is 0 Å². The highest BCUT2D eigenvalue weighted by Crippen LogP contribution is 2.37. The number of carbonyl (C=O) groups is 1. The lowest BCUT2D eigenvalue weighted by atomic mass is 10.1. The van der Waals surface area contributed by atoms with E-state index in [0.29, 0.717) is 17.1 Å². The van der Waals surface area contributed by atoms with E-state index in [1.54, 1.807) is 24.3 Å². The molecular formula is C23H22ClFN2O3. The highest BCUT2D eigenvalue weighted by atomic mass is 35.5. The summed E-state index contributed by atoms with van der Waals surface area (Å²) < 4.78 is 24.2. The molecule has 1 aliphatic rings. The van der Waals surface area contributed by atoms with Gasteiger partial charge in [0.15, 0.2) is 11.5 Å². The van der Waals surface area contributed by atoms with Crippen molar-refractivity contribution >= 4 is 23.6 Å². The molecule has 7 heteroatoms. The Morgan fingerprint density at radius 1 is 1.30 bits per heavy atom. The van der Waals surface area contributed by atoms with Crippen molar-refractivity contribution in [2.24, 2.45) is 0 Å². The molecule has 2 aromatic rings. The first kappa shape index (κ1) is 21.7. The van der Waals surface area contributed by atoms with Gasteiger partial charge in [-0.3, -0.25) is 4.79 Å². The average Bonchev–Trinajstić information content (AvgIpc) is 3.25.